The highest BCUT2D eigenvalue weighted by Gasteiger charge is 2.28. The van der Waals surface area contributed by atoms with Gasteiger partial charge in [0.25, 0.3) is 16.1 Å². The monoisotopic (exact) mass is 509 g/mol. The lowest BCUT2D eigenvalue weighted by molar-refractivity contribution is 0.0700. The topological polar surface area (TPSA) is 87.7 Å². The molecule has 2 N–H and O–H groups in total. The number of nitrogens with zero attached hydrogens (tertiary/aromatic N) is 4. The van der Waals surface area contributed by atoms with Crippen LogP contribution in [0.4, 0.5) is 5.82 Å². The van der Waals surface area contributed by atoms with Gasteiger partial charge in [-0.3, -0.25) is 4.90 Å². The quantitative estimate of drug-likeness (QED) is 0.327. The Labute approximate surface area is 227 Å². The number of likely N-dealkylation sites (tertiary alicyclic amines) is 1. The number of piperidine rings is 1. The Hall–Kier alpha value is -3.33. The first-order chi connectivity index (χ1) is 18.7. The number of para-hydroxylation sites is 1. The molecule has 0 atom stereocenters. The highest BCUT2D eigenvalue weighted by molar-refractivity contribution is 6.00. The number of nitrogen functional groups attached to an aromatic ring is 1. The second-order valence-electron chi connectivity index (χ2n) is 8.93. The highest BCUT2D eigenvalue weighted by Crippen LogP contribution is 2.37. The van der Waals surface area contributed by atoms with Crippen LogP contribution in [0.2, 0.25) is 0 Å². The lowest BCUT2D eigenvalue weighted by Gasteiger charge is -2.37. The average molecular weight is 509 g/mol. The van der Waals surface area contributed by atoms with Crippen LogP contribution in [0.5, 0.6) is 11.5 Å². The Morgan fingerprint density at radius 3 is 2.18 bits per heavy atom. The third-order valence-corrected chi connectivity index (χ3v) is 6.77. The molecule has 3 heterocycles. The van der Waals surface area contributed by atoms with Crippen molar-refractivity contribution in [2.45, 2.75) is 38.8 Å². The van der Waals surface area contributed by atoms with Gasteiger partial charge in [0, 0.05) is 44.1 Å². The molecule has 0 bridgehead atoms. The van der Waals surface area contributed by atoms with E-state index >= 15 is 0 Å². The predicted octanol–water partition coefficient (Wildman–Crippen LogP) is 4.70. The van der Waals surface area contributed by atoms with Crippen LogP contribution < -0.4 is 10.5 Å². The van der Waals surface area contributed by atoms with E-state index in [0.717, 1.165) is 59.6 Å². The molecule has 1 aliphatic rings. The smallest absolute Gasteiger partial charge is 0.282 e. The number of hydrogen-bond donors (Lipinski definition) is 1. The molecule has 0 unspecified atom stereocenters. The first-order valence-electron chi connectivity index (χ1n) is 13.0. The highest BCUT2D eigenvalue weighted by atomic mass is 16.5. The van der Waals surface area contributed by atoms with Crippen LogP contribution >= 0.6 is 0 Å². The number of aromatic nitrogens is 3. The number of ether oxygens (including phenoxy) is 1. The van der Waals surface area contributed by atoms with Gasteiger partial charge in [0.15, 0.2) is 0 Å². The summed E-state index contributed by atoms with van der Waals surface area (Å²) >= 11 is 0. The van der Waals surface area contributed by atoms with Gasteiger partial charge >= 0.3 is 0 Å². The standard InChI is InChI=1S/C26H27B2N5O3.C2H6/c27-34-15-20(16-35-28)32-12-10-19(11-13-32)33-14-23(24-25(29)30-17-31-26(24)33)18-6-8-22(9-7-18)36-21-4-2-1-3-5-21;1-2/h1-9,14,17,19-20H,10-13,15-16H2,(H2,29,30,31);1-2H3. The van der Waals surface area contributed by atoms with E-state index in [-0.39, 0.29) is 12.1 Å². The maximum Gasteiger partial charge on any atom is 0.282 e. The van der Waals surface area contributed by atoms with Crippen molar-refractivity contribution in [1.29, 1.82) is 0 Å². The van der Waals surface area contributed by atoms with Crippen LogP contribution in [-0.4, -0.2) is 67.9 Å². The van der Waals surface area contributed by atoms with Gasteiger partial charge in [-0.15, -0.1) is 0 Å². The van der Waals surface area contributed by atoms with Gasteiger partial charge < -0.3 is 24.3 Å². The minimum atomic E-state index is 0.0208. The SMILES string of the molecule is CC.[B]OCC(CO[B])N1CCC(n2cc(-c3ccc(Oc4ccccc4)cc3)c3c(N)ncnc32)CC1. The molecule has 4 aromatic rings. The molecule has 1 saturated heterocycles. The summed E-state index contributed by atoms with van der Waals surface area (Å²) in [6.07, 6.45) is 5.54. The van der Waals surface area contributed by atoms with Crippen LogP contribution in [0, 0.1) is 0 Å². The van der Waals surface area contributed by atoms with Crippen LogP contribution in [0.25, 0.3) is 22.2 Å². The fourth-order valence-electron chi connectivity index (χ4n) is 4.94. The molecule has 2 aromatic carbocycles. The van der Waals surface area contributed by atoms with E-state index in [2.05, 4.69) is 25.6 Å². The molecule has 0 spiro atoms. The van der Waals surface area contributed by atoms with Gasteiger partial charge in [-0.1, -0.05) is 44.2 Å². The second-order valence-corrected chi connectivity index (χ2v) is 8.93. The zero-order chi connectivity index (χ0) is 26.9. The number of hydrogen-bond acceptors (Lipinski definition) is 7. The zero-order valence-electron chi connectivity index (χ0n) is 22.0. The van der Waals surface area contributed by atoms with Crippen molar-refractivity contribution in [3.05, 3.63) is 67.1 Å². The van der Waals surface area contributed by atoms with Crippen molar-refractivity contribution in [3.8, 4) is 22.6 Å². The van der Waals surface area contributed by atoms with E-state index in [1.165, 1.54) is 6.33 Å². The molecule has 8 nitrogen and oxygen atoms in total. The summed E-state index contributed by atoms with van der Waals surface area (Å²) in [6.45, 7) is 6.46. The van der Waals surface area contributed by atoms with Crippen molar-refractivity contribution in [2.75, 3.05) is 32.0 Å². The van der Waals surface area contributed by atoms with Crippen LogP contribution in [0.3, 0.4) is 0 Å². The van der Waals surface area contributed by atoms with Crippen molar-refractivity contribution in [2.24, 2.45) is 0 Å². The minimum Gasteiger partial charge on any atom is -0.457 e. The number of anilines is 1. The normalized spacial score (nSPS) is 14.4. The third-order valence-electron chi connectivity index (χ3n) is 6.77. The number of rotatable bonds is 9. The van der Waals surface area contributed by atoms with Gasteiger partial charge in [-0.25, -0.2) is 9.97 Å². The molecule has 10 heteroatoms. The number of benzene rings is 2. The number of fused-ring (bicyclic) bond motifs is 1. The lowest BCUT2D eigenvalue weighted by atomic mass is 10.0. The van der Waals surface area contributed by atoms with E-state index in [0.29, 0.717) is 19.0 Å². The van der Waals surface area contributed by atoms with Gasteiger partial charge in [0.05, 0.1) is 11.4 Å². The minimum absolute atomic E-state index is 0.0208. The van der Waals surface area contributed by atoms with E-state index in [1.807, 2.05) is 68.4 Å². The van der Waals surface area contributed by atoms with Gasteiger partial charge in [-0.2, -0.15) is 0 Å². The van der Waals surface area contributed by atoms with Gasteiger partial charge in [-0.05, 0) is 42.7 Å². The molecule has 1 fully saturated rings. The molecule has 2 aromatic heterocycles. The molecule has 194 valence electrons. The van der Waals surface area contributed by atoms with Gasteiger partial charge in [0.2, 0.25) is 0 Å². The fraction of sp³-hybridized carbons (Fsp3) is 0.357. The first-order valence-corrected chi connectivity index (χ1v) is 13.0. The summed E-state index contributed by atoms with van der Waals surface area (Å²) in [5.74, 6) is 2.03. The van der Waals surface area contributed by atoms with Crippen LogP contribution in [-0.2, 0) is 9.31 Å². The first kappa shape index (κ1) is 27.7. The summed E-state index contributed by atoms with van der Waals surface area (Å²) in [5, 5.41) is 0.864. The van der Waals surface area contributed by atoms with E-state index in [9.17, 15) is 0 Å². The van der Waals surface area contributed by atoms with Crippen molar-refractivity contribution in [1.82, 2.24) is 19.4 Å². The summed E-state index contributed by atoms with van der Waals surface area (Å²) in [7, 11) is 10.6. The maximum absolute atomic E-state index is 6.35. The predicted molar refractivity (Wildman–Crippen MR) is 152 cm³/mol. The van der Waals surface area contributed by atoms with Crippen LogP contribution in [0.1, 0.15) is 32.7 Å². The van der Waals surface area contributed by atoms with Crippen molar-refractivity contribution < 1.29 is 14.0 Å². The average Bonchev–Trinajstić information content (AvgIpc) is 3.36. The number of nitrogens with two attached hydrogens (primary N) is 1. The van der Waals surface area contributed by atoms with Crippen molar-refractivity contribution >= 4 is 32.9 Å². The molecule has 1 aliphatic heterocycles. The van der Waals surface area contributed by atoms with Crippen LogP contribution in [0.15, 0.2) is 67.1 Å². The summed E-state index contributed by atoms with van der Waals surface area (Å²) in [6, 6.07) is 18.0. The molecule has 0 aliphatic carbocycles. The molecular formula is C28H33B2N5O3. The van der Waals surface area contributed by atoms with E-state index < -0.39 is 0 Å². The zero-order valence-corrected chi connectivity index (χ0v) is 22.0. The Bertz CT molecular complexity index is 1270. The third kappa shape index (κ3) is 6.20. The molecule has 0 amide bonds. The van der Waals surface area contributed by atoms with E-state index in [1.54, 1.807) is 0 Å². The molecule has 38 heavy (non-hydrogen) atoms. The molecule has 4 radical (unpaired) electrons. The van der Waals surface area contributed by atoms with Crippen molar-refractivity contribution in [3.63, 3.8) is 0 Å². The Morgan fingerprint density at radius 1 is 0.921 bits per heavy atom. The Balaban J connectivity index is 0.00000164. The summed E-state index contributed by atoms with van der Waals surface area (Å²) < 4.78 is 17.9. The van der Waals surface area contributed by atoms with Gasteiger partial charge in [0.1, 0.15) is 29.3 Å². The summed E-state index contributed by atoms with van der Waals surface area (Å²) in [4.78, 5) is 11.2. The summed E-state index contributed by atoms with van der Waals surface area (Å²) in [5.41, 5.74) is 9.22. The lowest BCUT2D eigenvalue weighted by Crippen LogP contribution is -2.46. The maximum atomic E-state index is 6.35. The molecular weight excluding hydrogens is 476 g/mol. The van der Waals surface area contributed by atoms with E-state index in [4.69, 9.17) is 35.9 Å². The Kier molecular flexibility index (Phi) is 9.81. The fourth-order valence-corrected chi connectivity index (χ4v) is 4.94. The molecule has 0 saturated carbocycles. The molecule has 5 rings (SSSR count). The Morgan fingerprint density at radius 2 is 1.55 bits per heavy atom. The largest absolute Gasteiger partial charge is 0.457 e. The second kappa shape index (κ2) is 13.5.